The lowest BCUT2D eigenvalue weighted by atomic mass is 9.86. The van der Waals surface area contributed by atoms with Gasteiger partial charge in [-0.1, -0.05) is 57.2 Å². The monoisotopic (exact) mass is 525 g/mol. The van der Waals surface area contributed by atoms with Crippen LogP contribution in [0.1, 0.15) is 79.0 Å². The molecule has 2 amide bonds. The van der Waals surface area contributed by atoms with Gasteiger partial charge in [0.1, 0.15) is 5.75 Å². The van der Waals surface area contributed by atoms with E-state index in [9.17, 15) is 9.59 Å². The lowest BCUT2D eigenvalue weighted by Gasteiger charge is -2.21. The average molecular weight is 526 g/mol. The third kappa shape index (κ3) is 6.17. The summed E-state index contributed by atoms with van der Waals surface area (Å²) >= 11 is 0. The first-order valence-corrected chi connectivity index (χ1v) is 13.4. The van der Waals surface area contributed by atoms with Crippen molar-refractivity contribution in [2.45, 2.75) is 72.6 Å². The third-order valence-electron chi connectivity index (χ3n) is 7.48. The Labute approximate surface area is 231 Å². The van der Waals surface area contributed by atoms with Gasteiger partial charge in [-0.3, -0.25) is 9.59 Å². The summed E-state index contributed by atoms with van der Waals surface area (Å²) in [5.41, 5.74) is 12.8. The first kappa shape index (κ1) is 28.0. The zero-order valence-electron chi connectivity index (χ0n) is 24.0. The van der Waals surface area contributed by atoms with Crippen molar-refractivity contribution in [3.63, 3.8) is 0 Å². The highest BCUT2D eigenvalue weighted by atomic mass is 16.5. The number of carbonyl (C=O) groups excluding carboxylic acids is 2. The average Bonchev–Trinajstić information content (AvgIpc) is 3.12. The van der Waals surface area contributed by atoms with Crippen molar-refractivity contribution in [2.24, 2.45) is 5.73 Å². The van der Waals surface area contributed by atoms with E-state index in [2.05, 4.69) is 68.8 Å². The Kier molecular flexibility index (Phi) is 7.86. The predicted octanol–water partition coefficient (Wildman–Crippen LogP) is 6.35. The largest absolute Gasteiger partial charge is 0.481 e. The van der Waals surface area contributed by atoms with Crippen LogP contribution >= 0.6 is 0 Å². The van der Waals surface area contributed by atoms with Crippen molar-refractivity contribution in [3.8, 4) is 5.75 Å². The second-order valence-corrected chi connectivity index (χ2v) is 11.4. The number of aryl methyl sites for hydroxylation is 1. The molecule has 0 fully saturated rings. The summed E-state index contributed by atoms with van der Waals surface area (Å²) in [5.74, 6) is 0.00392. The smallest absolute Gasteiger partial charge is 0.258 e. The van der Waals surface area contributed by atoms with Gasteiger partial charge in [0.15, 0.2) is 6.10 Å². The number of primary amides is 1. The minimum Gasteiger partial charge on any atom is -0.481 e. The summed E-state index contributed by atoms with van der Waals surface area (Å²) < 4.78 is 7.91. The topological polar surface area (TPSA) is 86.3 Å². The SMILES string of the molecule is Cc1c(C)n(Cc2cccc(OC(C)C(N)=O)c2)c2ccc(C(=O)NC(C)c3ccc(C(C)(C)C)cc3)cc12. The molecule has 4 rings (SSSR count). The molecule has 6 nitrogen and oxygen atoms in total. The number of hydrogen-bond acceptors (Lipinski definition) is 3. The van der Waals surface area contributed by atoms with E-state index in [1.807, 2.05) is 49.4 Å². The van der Waals surface area contributed by atoms with Crippen LogP contribution in [0.25, 0.3) is 10.9 Å². The van der Waals surface area contributed by atoms with Crippen molar-refractivity contribution < 1.29 is 14.3 Å². The van der Waals surface area contributed by atoms with Gasteiger partial charge in [-0.25, -0.2) is 0 Å². The maximum absolute atomic E-state index is 13.2. The number of nitrogens with one attached hydrogen (secondary N) is 1. The van der Waals surface area contributed by atoms with Crippen LogP contribution in [0.4, 0.5) is 0 Å². The molecule has 3 aromatic carbocycles. The second-order valence-electron chi connectivity index (χ2n) is 11.4. The van der Waals surface area contributed by atoms with E-state index in [0.717, 1.165) is 33.3 Å². The Morgan fingerprint density at radius 1 is 0.974 bits per heavy atom. The fraction of sp³-hybridized carbons (Fsp3) is 0.333. The summed E-state index contributed by atoms with van der Waals surface area (Å²) in [6, 6.07) is 21.9. The fourth-order valence-electron chi connectivity index (χ4n) is 4.79. The van der Waals surface area contributed by atoms with E-state index >= 15 is 0 Å². The van der Waals surface area contributed by atoms with Gasteiger partial charge in [0.2, 0.25) is 0 Å². The minimum atomic E-state index is -0.702. The quantitative estimate of drug-likeness (QED) is 0.281. The maximum Gasteiger partial charge on any atom is 0.258 e. The fourth-order valence-corrected chi connectivity index (χ4v) is 4.79. The standard InChI is InChI=1S/C33H39N3O3/c1-20-22(3)36(19-24-9-8-10-28(17-24)39-23(4)31(34)37)30-16-13-26(18-29(20)30)32(38)35-21(2)25-11-14-27(15-12-25)33(5,6)7/h8-18,21,23H,19H2,1-7H3,(H2,34,37)(H,35,38). The third-order valence-corrected chi connectivity index (χ3v) is 7.48. The van der Waals surface area contributed by atoms with Crippen LogP contribution in [-0.4, -0.2) is 22.5 Å². The molecule has 2 unspecified atom stereocenters. The molecular weight excluding hydrogens is 486 g/mol. The van der Waals surface area contributed by atoms with Gasteiger partial charge in [0.25, 0.3) is 11.8 Å². The predicted molar refractivity (Wildman–Crippen MR) is 157 cm³/mol. The van der Waals surface area contributed by atoms with Crippen molar-refractivity contribution in [1.82, 2.24) is 9.88 Å². The Hall–Kier alpha value is -4.06. The number of nitrogens with zero attached hydrogens (tertiary/aromatic N) is 1. The highest BCUT2D eigenvalue weighted by molar-refractivity contribution is 5.99. The molecule has 0 bridgehead atoms. The van der Waals surface area contributed by atoms with E-state index < -0.39 is 12.0 Å². The zero-order valence-corrected chi connectivity index (χ0v) is 24.0. The Morgan fingerprint density at radius 3 is 2.31 bits per heavy atom. The van der Waals surface area contributed by atoms with Gasteiger partial charge in [-0.05, 0) is 85.7 Å². The molecule has 0 spiro atoms. The number of carbonyl (C=O) groups is 2. The first-order chi connectivity index (χ1) is 18.3. The number of rotatable bonds is 8. The molecule has 0 radical (unpaired) electrons. The molecule has 3 N–H and O–H groups in total. The van der Waals surface area contributed by atoms with E-state index in [0.29, 0.717) is 17.9 Å². The van der Waals surface area contributed by atoms with Crippen molar-refractivity contribution in [2.75, 3.05) is 0 Å². The number of hydrogen-bond donors (Lipinski definition) is 2. The molecule has 0 aliphatic heterocycles. The molecule has 0 aliphatic rings. The van der Waals surface area contributed by atoms with Crippen molar-refractivity contribution in [1.29, 1.82) is 0 Å². The van der Waals surface area contributed by atoms with E-state index in [4.69, 9.17) is 10.5 Å². The minimum absolute atomic E-state index is 0.0902. The number of aromatic nitrogens is 1. The van der Waals surface area contributed by atoms with Gasteiger partial charge in [0.05, 0.1) is 6.04 Å². The highest BCUT2D eigenvalue weighted by Crippen LogP contribution is 2.29. The summed E-state index contributed by atoms with van der Waals surface area (Å²) in [5, 5.41) is 4.21. The summed E-state index contributed by atoms with van der Waals surface area (Å²) in [6.45, 7) is 15.0. The van der Waals surface area contributed by atoms with Crippen LogP contribution < -0.4 is 15.8 Å². The van der Waals surface area contributed by atoms with Gasteiger partial charge in [-0.15, -0.1) is 0 Å². The van der Waals surface area contributed by atoms with Crippen molar-refractivity contribution >= 4 is 22.7 Å². The Bertz CT molecular complexity index is 1510. The van der Waals surface area contributed by atoms with Crippen LogP contribution in [0.5, 0.6) is 5.75 Å². The first-order valence-electron chi connectivity index (χ1n) is 13.4. The van der Waals surface area contributed by atoms with Gasteiger partial charge < -0.3 is 20.4 Å². The number of amides is 2. The van der Waals surface area contributed by atoms with Gasteiger partial charge >= 0.3 is 0 Å². The lowest BCUT2D eigenvalue weighted by Crippen LogP contribution is -2.30. The lowest BCUT2D eigenvalue weighted by molar-refractivity contribution is -0.123. The van der Waals surface area contributed by atoms with Crippen molar-refractivity contribution in [3.05, 3.63) is 100 Å². The molecule has 0 saturated heterocycles. The number of nitrogens with two attached hydrogens (primary N) is 1. The highest BCUT2D eigenvalue weighted by Gasteiger charge is 2.18. The molecule has 2 atom stereocenters. The van der Waals surface area contributed by atoms with E-state index in [1.165, 1.54) is 5.56 Å². The molecule has 1 aromatic heterocycles. The van der Waals surface area contributed by atoms with Crippen LogP contribution in [0.15, 0.2) is 66.7 Å². The van der Waals surface area contributed by atoms with E-state index in [-0.39, 0.29) is 17.4 Å². The van der Waals surface area contributed by atoms with Crippen LogP contribution in [0, 0.1) is 13.8 Å². The van der Waals surface area contributed by atoms with Crippen LogP contribution in [0.2, 0.25) is 0 Å². The summed E-state index contributed by atoms with van der Waals surface area (Å²) in [6.07, 6.45) is -0.702. The molecule has 39 heavy (non-hydrogen) atoms. The molecular formula is C33H39N3O3. The summed E-state index contributed by atoms with van der Waals surface area (Å²) in [4.78, 5) is 24.6. The molecule has 0 aliphatic carbocycles. The molecule has 0 saturated carbocycles. The number of benzene rings is 3. The Morgan fingerprint density at radius 2 is 1.67 bits per heavy atom. The number of ether oxygens (including phenoxy) is 1. The molecule has 1 heterocycles. The van der Waals surface area contributed by atoms with E-state index in [1.54, 1.807) is 6.92 Å². The van der Waals surface area contributed by atoms with Gasteiger partial charge in [0, 0.05) is 28.7 Å². The zero-order chi connectivity index (χ0) is 28.5. The summed E-state index contributed by atoms with van der Waals surface area (Å²) in [7, 11) is 0. The normalized spacial score (nSPS) is 13.2. The molecule has 6 heteroatoms. The second kappa shape index (κ2) is 11.0. The van der Waals surface area contributed by atoms with Crippen LogP contribution in [0.3, 0.4) is 0 Å². The number of fused-ring (bicyclic) bond motifs is 1. The maximum atomic E-state index is 13.2. The Balaban J connectivity index is 1.54. The van der Waals surface area contributed by atoms with Crippen LogP contribution in [-0.2, 0) is 16.8 Å². The molecule has 4 aromatic rings. The van der Waals surface area contributed by atoms with Gasteiger partial charge in [-0.2, -0.15) is 0 Å². The molecule has 204 valence electrons.